The maximum atomic E-state index is 6.98. The summed E-state index contributed by atoms with van der Waals surface area (Å²) in [4.78, 5) is 1.11. The summed E-state index contributed by atoms with van der Waals surface area (Å²) in [6.07, 6.45) is -1.12. The molecule has 0 aromatic heterocycles. The summed E-state index contributed by atoms with van der Waals surface area (Å²) in [6.45, 7) is 3.79. The first-order chi connectivity index (χ1) is 19.7. The summed E-state index contributed by atoms with van der Waals surface area (Å²) in [7, 11) is 0. The van der Waals surface area contributed by atoms with Crippen molar-refractivity contribution in [2.24, 2.45) is 0 Å². The SMILES string of the molecule is Cc1ccc(SC2C(Cl)O[C@H](COCc3ccccc3)[C@@H](OCc3ccccc3)[C@@H]2OCc2ccccc2)cc1. The fourth-order valence-electron chi connectivity index (χ4n) is 4.69. The highest BCUT2D eigenvalue weighted by atomic mass is 35.5. The molecule has 1 aliphatic heterocycles. The maximum Gasteiger partial charge on any atom is 0.146 e. The Morgan fingerprint density at radius 3 is 1.70 bits per heavy atom. The maximum absolute atomic E-state index is 6.98. The molecule has 6 heteroatoms. The molecular formula is C34H35ClO4S. The zero-order valence-corrected chi connectivity index (χ0v) is 24.2. The molecule has 5 rings (SSSR count). The number of aryl methyl sites for hydroxylation is 1. The molecule has 4 nitrogen and oxygen atoms in total. The number of hydrogen-bond donors (Lipinski definition) is 0. The van der Waals surface area contributed by atoms with Crippen molar-refractivity contribution >= 4 is 23.4 Å². The van der Waals surface area contributed by atoms with Crippen LogP contribution in [0.5, 0.6) is 0 Å². The van der Waals surface area contributed by atoms with E-state index in [0.29, 0.717) is 26.4 Å². The number of thioether (sulfide) groups is 1. The van der Waals surface area contributed by atoms with Crippen LogP contribution in [0.2, 0.25) is 0 Å². The molecule has 0 saturated carbocycles. The van der Waals surface area contributed by atoms with Gasteiger partial charge in [0.15, 0.2) is 0 Å². The number of alkyl halides is 1. The molecule has 0 amide bonds. The Kier molecular flexibility index (Phi) is 10.7. The van der Waals surface area contributed by atoms with Crippen molar-refractivity contribution < 1.29 is 18.9 Å². The molecule has 1 aliphatic rings. The molecule has 2 unspecified atom stereocenters. The molecule has 4 aromatic carbocycles. The Balaban J connectivity index is 1.39. The van der Waals surface area contributed by atoms with Crippen molar-refractivity contribution in [1.29, 1.82) is 0 Å². The van der Waals surface area contributed by atoms with Crippen molar-refractivity contribution in [2.75, 3.05) is 6.61 Å². The Hall–Kier alpha value is -2.64. The predicted molar refractivity (Wildman–Crippen MR) is 161 cm³/mol. The largest absolute Gasteiger partial charge is 0.374 e. The molecule has 0 bridgehead atoms. The van der Waals surface area contributed by atoms with Crippen molar-refractivity contribution in [1.82, 2.24) is 0 Å². The number of ether oxygens (including phenoxy) is 4. The summed E-state index contributed by atoms with van der Waals surface area (Å²) < 4.78 is 25.9. The average Bonchev–Trinajstić information content (AvgIpc) is 2.99. The van der Waals surface area contributed by atoms with Crippen LogP contribution in [0.15, 0.2) is 120 Å². The Bertz CT molecular complexity index is 1270. The molecule has 40 heavy (non-hydrogen) atoms. The summed E-state index contributed by atoms with van der Waals surface area (Å²) in [5.41, 5.74) is 3.91. The lowest BCUT2D eigenvalue weighted by atomic mass is 10.0. The monoisotopic (exact) mass is 574 g/mol. The van der Waals surface area contributed by atoms with E-state index in [0.717, 1.165) is 21.6 Å². The fraction of sp³-hybridized carbons (Fsp3) is 0.294. The molecule has 4 aromatic rings. The van der Waals surface area contributed by atoms with Gasteiger partial charge in [-0.15, -0.1) is 11.8 Å². The second kappa shape index (κ2) is 14.8. The van der Waals surface area contributed by atoms with E-state index < -0.39 is 17.8 Å². The van der Waals surface area contributed by atoms with Gasteiger partial charge in [-0.2, -0.15) is 0 Å². The molecule has 0 radical (unpaired) electrons. The zero-order chi connectivity index (χ0) is 27.6. The lowest BCUT2D eigenvalue weighted by Crippen LogP contribution is -2.58. The third-order valence-electron chi connectivity index (χ3n) is 6.83. The van der Waals surface area contributed by atoms with Crippen LogP contribution in [-0.4, -0.2) is 35.7 Å². The van der Waals surface area contributed by atoms with E-state index in [-0.39, 0.29) is 11.4 Å². The first-order valence-corrected chi connectivity index (χ1v) is 14.9. The Labute approximate surface area is 246 Å². The molecule has 0 spiro atoms. The highest BCUT2D eigenvalue weighted by molar-refractivity contribution is 8.00. The van der Waals surface area contributed by atoms with Crippen LogP contribution < -0.4 is 0 Å². The third kappa shape index (κ3) is 8.20. The van der Waals surface area contributed by atoms with E-state index >= 15 is 0 Å². The summed E-state index contributed by atoms with van der Waals surface area (Å²) in [5, 5.41) is -0.195. The van der Waals surface area contributed by atoms with Gasteiger partial charge in [-0.25, -0.2) is 0 Å². The van der Waals surface area contributed by atoms with E-state index in [1.807, 2.05) is 54.6 Å². The van der Waals surface area contributed by atoms with Crippen LogP contribution in [0.25, 0.3) is 0 Å². The standard InChI is InChI=1S/C34H35ClO4S/c1-25-17-19-29(20-18-25)40-33-32(38-23-28-15-9-4-10-16-28)31(37-22-27-13-7-3-8-14-27)30(39-34(33)35)24-36-21-26-11-5-2-6-12-26/h2-20,30-34H,21-24H2,1H3/t30-,31-,32+,33?,34?/m1/s1. The second-order valence-electron chi connectivity index (χ2n) is 9.94. The fourth-order valence-corrected chi connectivity index (χ4v) is 6.27. The minimum absolute atomic E-state index is 0.195. The van der Waals surface area contributed by atoms with Gasteiger partial charge in [0.05, 0.1) is 31.7 Å². The van der Waals surface area contributed by atoms with Crippen molar-refractivity contribution in [3.05, 3.63) is 138 Å². The number of halogens is 1. The summed E-state index contributed by atoms with van der Waals surface area (Å²) in [5.74, 6) is 0. The average molecular weight is 575 g/mol. The smallest absolute Gasteiger partial charge is 0.146 e. The number of benzene rings is 4. The molecule has 0 N–H and O–H groups in total. The van der Waals surface area contributed by atoms with E-state index in [4.69, 9.17) is 30.5 Å². The topological polar surface area (TPSA) is 36.9 Å². The molecule has 0 aliphatic carbocycles. The number of hydrogen-bond acceptors (Lipinski definition) is 5. The zero-order valence-electron chi connectivity index (χ0n) is 22.6. The van der Waals surface area contributed by atoms with Crippen molar-refractivity contribution in [3.8, 4) is 0 Å². The number of rotatable bonds is 12. The molecule has 1 heterocycles. The Morgan fingerprint density at radius 2 is 1.15 bits per heavy atom. The molecule has 208 valence electrons. The third-order valence-corrected chi connectivity index (χ3v) is 8.69. The lowest BCUT2D eigenvalue weighted by Gasteiger charge is -2.44. The molecule has 1 saturated heterocycles. The first kappa shape index (κ1) is 28.9. The van der Waals surface area contributed by atoms with Gasteiger partial charge in [0, 0.05) is 4.90 Å². The van der Waals surface area contributed by atoms with Gasteiger partial charge in [0.25, 0.3) is 0 Å². The van der Waals surface area contributed by atoms with Gasteiger partial charge < -0.3 is 18.9 Å². The van der Waals surface area contributed by atoms with Gasteiger partial charge in [0.2, 0.25) is 0 Å². The first-order valence-electron chi connectivity index (χ1n) is 13.6. The van der Waals surface area contributed by atoms with Crippen molar-refractivity contribution in [3.63, 3.8) is 0 Å². The normalized spacial score (nSPS) is 22.7. The summed E-state index contributed by atoms with van der Waals surface area (Å²) >= 11 is 8.65. The predicted octanol–water partition coefficient (Wildman–Crippen LogP) is 7.81. The highest BCUT2D eigenvalue weighted by Crippen LogP contribution is 2.39. The minimum atomic E-state index is -0.589. The van der Waals surface area contributed by atoms with Gasteiger partial charge in [0.1, 0.15) is 23.9 Å². The Morgan fingerprint density at radius 1 is 0.650 bits per heavy atom. The van der Waals surface area contributed by atoms with E-state index in [2.05, 4.69) is 67.6 Å². The highest BCUT2D eigenvalue weighted by Gasteiger charge is 2.47. The van der Waals surface area contributed by atoms with Crippen LogP contribution in [0.4, 0.5) is 0 Å². The molecular weight excluding hydrogens is 540 g/mol. The van der Waals surface area contributed by atoms with E-state index in [1.165, 1.54) is 5.56 Å². The van der Waals surface area contributed by atoms with Gasteiger partial charge in [-0.3, -0.25) is 0 Å². The van der Waals surface area contributed by atoms with Crippen LogP contribution in [0.1, 0.15) is 22.3 Å². The van der Waals surface area contributed by atoms with Crippen molar-refractivity contribution in [2.45, 2.75) is 60.8 Å². The van der Waals surface area contributed by atoms with E-state index in [1.54, 1.807) is 11.8 Å². The van der Waals surface area contributed by atoms with E-state index in [9.17, 15) is 0 Å². The second-order valence-corrected chi connectivity index (χ2v) is 11.6. The van der Waals surface area contributed by atoms with Crippen LogP contribution in [0, 0.1) is 6.92 Å². The minimum Gasteiger partial charge on any atom is -0.374 e. The van der Waals surface area contributed by atoms with Gasteiger partial charge in [-0.1, -0.05) is 120 Å². The molecule has 1 fully saturated rings. The van der Waals surface area contributed by atoms with Gasteiger partial charge in [-0.05, 0) is 35.7 Å². The van der Waals surface area contributed by atoms with Crippen LogP contribution in [-0.2, 0) is 38.8 Å². The quantitative estimate of drug-likeness (QED) is 0.161. The van der Waals surface area contributed by atoms with Crippen LogP contribution >= 0.6 is 23.4 Å². The van der Waals surface area contributed by atoms with Crippen LogP contribution in [0.3, 0.4) is 0 Å². The summed E-state index contributed by atoms with van der Waals surface area (Å²) in [6, 6.07) is 38.9. The molecule has 5 atom stereocenters. The lowest BCUT2D eigenvalue weighted by molar-refractivity contribution is -0.202. The van der Waals surface area contributed by atoms with Gasteiger partial charge >= 0.3 is 0 Å².